The summed E-state index contributed by atoms with van der Waals surface area (Å²) in [6.45, 7) is 8.96. The molecule has 1 aliphatic rings. The first-order valence-corrected chi connectivity index (χ1v) is 8.45. The van der Waals surface area contributed by atoms with Gasteiger partial charge in [-0.2, -0.15) is 11.8 Å². The van der Waals surface area contributed by atoms with E-state index in [-0.39, 0.29) is 0 Å². The largest absolute Gasteiger partial charge is 0.480 e. The molecule has 1 rings (SSSR count). The van der Waals surface area contributed by atoms with E-state index in [9.17, 15) is 9.90 Å². The molecule has 1 aliphatic carbocycles. The first kappa shape index (κ1) is 16.8. The second-order valence-corrected chi connectivity index (χ2v) is 7.96. The van der Waals surface area contributed by atoms with Crippen LogP contribution in [0.15, 0.2) is 0 Å². The Morgan fingerprint density at radius 1 is 1.53 bits per heavy atom. The van der Waals surface area contributed by atoms with Crippen LogP contribution in [0.4, 0.5) is 0 Å². The molecular weight excluding hydrogens is 258 g/mol. The minimum absolute atomic E-state index is 0.385. The summed E-state index contributed by atoms with van der Waals surface area (Å²) in [4.78, 5) is 11.4. The molecule has 0 aliphatic heterocycles. The van der Waals surface area contributed by atoms with Gasteiger partial charge >= 0.3 is 5.97 Å². The van der Waals surface area contributed by atoms with Gasteiger partial charge in [-0.05, 0) is 38.6 Å². The molecule has 2 N–H and O–H groups in total. The van der Waals surface area contributed by atoms with E-state index in [1.165, 1.54) is 25.7 Å². The quantitative estimate of drug-likeness (QED) is 0.752. The Bertz CT molecular complexity index is 298. The summed E-state index contributed by atoms with van der Waals surface area (Å²) in [6.07, 6.45) is 5.96. The number of hydrogen-bond acceptors (Lipinski definition) is 3. The molecule has 1 fully saturated rings. The molecule has 4 atom stereocenters. The van der Waals surface area contributed by atoms with Crippen molar-refractivity contribution in [2.45, 2.75) is 75.8 Å². The van der Waals surface area contributed by atoms with Crippen molar-refractivity contribution < 1.29 is 9.90 Å². The number of hydrogen-bond donors (Lipinski definition) is 2. The van der Waals surface area contributed by atoms with E-state index in [1.54, 1.807) is 6.92 Å². The lowest BCUT2D eigenvalue weighted by molar-refractivity contribution is -0.144. The van der Waals surface area contributed by atoms with E-state index in [0.717, 1.165) is 11.2 Å². The highest BCUT2D eigenvalue weighted by Gasteiger charge is 2.34. The first-order valence-electron chi connectivity index (χ1n) is 7.51. The van der Waals surface area contributed by atoms with Crippen molar-refractivity contribution in [3.63, 3.8) is 0 Å². The molecule has 3 nitrogen and oxygen atoms in total. The third-order valence-electron chi connectivity index (χ3n) is 4.05. The van der Waals surface area contributed by atoms with Crippen molar-refractivity contribution in [2.24, 2.45) is 5.92 Å². The van der Waals surface area contributed by atoms with Gasteiger partial charge in [0.2, 0.25) is 0 Å². The average Bonchev–Trinajstić information content (AvgIpc) is 2.28. The second kappa shape index (κ2) is 7.53. The van der Waals surface area contributed by atoms with Crippen LogP contribution in [0.25, 0.3) is 0 Å². The van der Waals surface area contributed by atoms with Gasteiger partial charge in [-0.1, -0.05) is 33.6 Å². The second-order valence-electron chi connectivity index (χ2n) is 6.21. The Hall–Kier alpha value is -0.220. The van der Waals surface area contributed by atoms with E-state index in [0.29, 0.717) is 18.2 Å². The molecule has 0 heterocycles. The molecule has 4 heteroatoms. The van der Waals surface area contributed by atoms with Gasteiger partial charge in [0.1, 0.15) is 5.54 Å². The molecule has 0 bridgehead atoms. The summed E-state index contributed by atoms with van der Waals surface area (Å²) >= 11 is 1.99. The summed E-state index contributed by atoms with van der Waals surface area (Å²) in [5.74, 6) is 0.0943. The van der Waals surface area contributed by atoms with Crippen molar-refractivity contribution in [3.05, 3.63) is 0 Å². The highest BCUT2D eigenvalue weighted by atomic mass is 32.2. The van der Waals surface area contributed by atoms with Gasteiger partial charge in [-0.25, -0.2) is 0 Å². The molecule has 0 spiro atoms. The number of thioether (sulfide) groups is 1. The maximum Gasteiger partial charge on any atom is 0.323 e. The van der Waals surface area contributed by atoms with Crippen LogP contribution in [-0.4, -0.2) is 33.7 Å². The molecule has 4 unspecified atom stereocenters. The standard InChI is InChI=1S/C15H29NO2S/c1-5-16-15(4,14(17)18)10-12(3)19-13-8-6-7-11(2)9-13/h11-13,16H,5-10H2,1-4H3,(H,17,18). The van der Waals surface area contributed by atoms with Crippen LogP contribution >= 0.6 is 11.8 Å². The molecule has 19 heavy (non-hydrogen) atoms. The summed E-state index contributed by atoms with van der Waals surface area (Å²) in [6, 6.07) is 0. The predicted molar refractivity (Wildman–Crippen MR) is 82.8 cm³/mol. The van der Waals surface area contributed by atoms with Gasteiger partial charge in [-0.3, -0.25) is 4.79 Å². The van der Waals surface area contributed by atoms with E-state index in [4.69, 9.17) is 0 Å². The molecule has 0 amide bonds. The smallest absolute Gasteiger partial charge is 0.323 e. The molecular formula is C15H29NO2S. The highest BCUT2D eigenvalue weighted by Crippen LogP contribution is 2.36. The Morgan fingerprint density at radius 2 is 2.21 bits per heavy atom. The normalized spacial score (nSPS) is 28.6. The highest BCUT2D eigenvalue weighted by molar-refractivity contribution is 8.00. The number of aliphatic carboxylic acids is 1. The fourth-order valence-corrected chi connectivity index (χ4v) is 4.91. The number of nitrogens with one attached hydrogen (secondary N) is 1. The van der Waals surface area contributed by atoms with Gasteiger partial charge in [0.05, 0.1) is 0 Å². The van der Waals surface area contributed by atoms with Crippen LogP contribution in [-0.2, 0) is 4.79 Å². The number of carboxylic acids is 1. The van der Waals surface area contributed by atoms with Gasteiger partial charge in [0.15, 0.2) is 0 Å². The zero-order valence-corrected chi connectivity index (χ0v) is 13.6. The predicted octanol–water partition coefficient (Wildman–Crippen LogP) is 3.53. The van der Waals surface area contributed by atoms with Crippen LogP contribution in [0.3, 0.4) is 0 Å². The van der Waals surface area contributed by atoms with Crippen LogP contribution < -0.4 is 5.32 Å². The van der Waals surface area contributed by atoms with Gasteiger partial charge < -0.3 is 10.4 Å². The van der Waals surface area contributed by atoms with E-state index in [2.05, 4.69) is 19.2 Å². The van der Waals surface area contributed by atoms with E-state index < -0.39 is 11.5 Å². The third-order valence-corrected chi connectivity index (χ3v) is 5.49. The zero-order valence-electron chi connectivity index (χ0n) is 12.7. The van der Waals surface area contributed by atoms with Gasteiger partial charge in [-0.15, -0.1) is 0 Å². The zero-order chi connectivity index (χ0) is 14.5. The summed E-state index contributed by atoms with van der Waals surface area (Å²) in [5.41, 5.74) is -0.790. The molecule has 0 aromatic carbocycles. The minimum Gasteiger partial charge on any atom is -0.480 e. The Morgan fingerprint density at radius 3 is 2.74 bits per heavy atom. The van der Waals surface area contributed by atoms with Crippen LogP contribution in [0.2, 0.25) is 0 Å². The maximum absolute atomic E-state index is 11.4. The fourth-order valence-electron chi connectivity index (χ4n) is 3.08. The molecule has 0 saturated heterocycles. The van der Waals surface area contributed by atoms with Crippen molar-refractivity contribution in [1.29, 1.82) is 0 Å². The monoisotopic (exact) mass is 287 g/mol. The van der Waals surface area contributed by atoms with Crippen LogP contribution in [0, 0.1) is 5.92 Å². The number of carboxylic acid groups (broad SMARTS) is 1. The maximum atomic E-state index is 11.4. The van der Waals surface area contributed by atoms with Gasteiger partial charge in [0, 0.05) is 10.5 Å². The average molecular weight is 287 g/mol. The Labute approximate surface area is 121 Å². The lowest BCUT2D eigenvalue weighted by Crippen LogP contribution is -2.51. The van der Waals surface area contributed by atoms with Crippen LogP contribution in [0.1, 0.15) is 59.8 Å². The third kappa shape index (κ3) is 5.35. The lowest BCUT2D eigenvalue weighted by atomic mass is 9.90. The Balaban J connectivity index is 2.48. The molecule has 0 aromatic rings. The molecule has 0 radical (unpaired) electrons. The van der Waals surface area contributed by atoms with Crippen molar-refractivity contribution in [1.82, 2.24) is 5.32 Å². The SMILES string of the molecule is CCNC(C)(CC(C)SC1CCCC(C)C1)C(=O)O. The topological polar surface area (TPSA) is 49.3 Å². The van der Waals surface area contributed by atoms with Crippen molar-refractivity contribution >= 4 is 17.7 Å². The summed E-state index contributed by atoms with van der Waals surface area (Å²) in [5, 5.41) is 13.6. The number of carbonyl (C=O) groups is 1. The van der Waals surface area contributed by atoms with Crippen molar-refractivity contribution in [3.8, 4) is 0 Å². The molecule has 112 valence electrons. The van der Waals surface area contributed by atoms with E-state index in [1.807, 2.05) is 18.7 Å². The van der Waals surface area contributed by atoms with Crippen molar-refractivity contribution in [2.75, 3.05) is 6.54 Å². The lowest BCUT2D eigenvalue weighted by Gasteiger charge is -2.32. The van der Waals surface area contributed by atoms with E-state index >= 15 is 0 Å². The number of likely N-dealkylation sites (N-methyl/N-ethyl adjacent to an activating group) is 1. The van der Waals surface area contributed by atoms with Crippen LogP contribution in [0.5, 0.6) is 0 Å². The number of rotatable bonds is 7. The van der Waals surface area contributed by atoms with Gasteiger partial charge in [0.25, 0.3) is 0 Å². The molecule has 1 saturated carbocycles. The fraction of sp³-hybridized carbons (Fsp3) is 0.933. The minimum atomic E-state index is -0.790. The summed E-state index contributed by atoms with van der Waals surface area (Å²) in [7, 11) is 0. The first-order chi connectivity index (χ1) is 8.87. The summed E-state index contributed by atoms with van der Waals surface area (Å²) < 4.78 is 0. The molecule has 0 aromatic heterocycles. The Kier molecular flexibility index (Phi) is 6.67.